The number of halogens is 2. The monoisotopic (exact) mass is 216 g/mol. The van der Waals surface area contributed by atoms with Gasteiger partial charge in [-0.15, -0.1) is 0 Å². The molecule has 1 aromatic rings. The molecule has 0 radical (unpaired) electrons. The highest BCUT2D eigenvalue weighted by molar-refractivity contribution is 6.35. The van der Waals surface area contributed by atoms with Gasteiger partial charge in [0.05, 0.1) is 10.0 Å². The summed E-state index contributed by atoms with van der Waals surface area (Å²) < 4.78 is 0. The van der Waals surface area contributed by atoms with E-state index in [9.17, 15) is 0 Å². The standard InChI is InChI=1S/C9H10Cl2N2/c10-7-3-8(11)9(13-5-7)12-4-6-1-2-6/h3,5-6H,1-2,4H2,(H,12,13). The molecule has 0 spiro atoms. The Morgan fingerprint density at radius 2 is 2.23 bits per heavy atom. The fraction of sp³-hybridized carbons (Fsp3) is 0.444. The molecule has 1 aliphatic rings. The third-order valence-corrected chi connectivity index (χ3v) is 2.56. The van der Waals surface area contributed by atoms with Gasteiger partial charge >= 0.3 is 0 Å². The van der Waals surface area contributed by atoms with Crippen molar-refractivity contribution < 1.29 is 0 Å². The highest BCUT2D eigenvalue weighted by atomic mass is 35.5. The molecule has 0 aliphatic heterocycles. The van der Waals surface area contributed by atoms with E-state index in [1.54, 1.807) is 12.3 Å². The van der Waals surface area contributed by atoms with Gasteiger partial charge in [0.1, 0.15) is 5.82 Å². The average Bonchev–Trinajstić information content (AvgIpc) is 2.86. The molecule has 1 N–H and O–H groups in total. The van der Waals surface area contributed by atoms with E-state index in [2.05, 4.69) is 10.3 Å². The summed E-state index contributed by atoms with van der Waals surface area (Å²) in [7, 11) is 0. The highest BCUT2D eigenvalue weighted by Gasteiger charge is 2.21. The second-order valence-electron chi connectivity index (χ2n) is 3.31. The summed E-state index contributed by atoms with van der Waals surface area (Å²) in [4.78, 5) is 4.10. The van der Waals surface area contributed by atoms with Crippen molar-refractivity contribution in [1.82, 2.24) is 4.98 Å². The molecule has 4 heteroatoms. The summed E-state index contributed by atoms with van der Waals surface area (Å²) in [5.41, 5.74) is 0. The molecule has 2 nitrogen and oxygen atoms in total. The average molecular weight is 217 g/mol. The smallest absolute Gasteiger partial charge is 0.144 e. The quantitative estimate of drug-likeness (QED) is 0.840. The van der Waals surface area contributed by atoms with Gasteiger partial charge in [-0.1, -0.05) is 23.2 Å². The molecule has 2 rings (SSSR count). The van der Waals surface area contributed by atoms with Crippen molar-refractivity contribution in [2.75, 3.05) is 11.9 Å². The number of anilines is 1. The van der Waals surface area contributed by atoms with Crippen LogP contribution < -0.4 is 5.32 Å². The molecule has 0 saturated heterocycles. The summed E-state index contributed by atoms with van der Waals surface area (Å²) in [5, 5.41) is 4.36. The minimum atomic E-state index is 0.571. The zero-order valence-corrected chi connectivity index (χ0v) is 8.57. The number of hydrogen-bond donors (Lipinski definition) is 1. The second kappa shape index (κ2) is 3.72. The van der Waals surface area contributed by atoms with Crippen molar-refractivity contribution in [3.05, 3.63) is 22.3 Å². The van der Waals surface area contributed by atoms with Crippen molar-refractivity contribution in [3.63, 3.8) is 0 Å². The van der Waals surface area contributed by atoms with Crippen LogP contribution in [-0.2, 0) is 0 Å². The van der Waals surface area contributed by atoms with Gasteiger partial charge in [-0.05, 0) is 24.8 Å². The molecule has 1 heterocycles. The van der Waals surface area contributed by atoms with E-state index in [1.807, 2.05) is 0 Å². The maximum absolute atomic E-state index is 5.92. The van der Waals surface area contributed by atoms with Crippen LogP contribution in [0.1, 0.15) is 12.8 Å². The van der Waals surface area contributed by atoms with Gasteiger partial charge in [-0.2, -0.15) is 0 Å². The van der Waals surface area contributed by atoms with Crippen molar-refractivity contribution in [1.29, 1.82) is 0 Å². The highest BCUT2D eigenvalue weighted by Crippen LogP contribution is 2.30. The van der Waals surface area contributed by atoms with E-state index >= 15 is 0 Å². The molecule has 1 saturated carbocycles. The van der Waals surface area contributed by atoms with Crippen LogP contribution in [0.15, 0.2) is 12.3 Å². The zero-order valence-electron chi connectivity index (χ0n) is 7.06. The van der Waals surface area contributed by atoms with Crippen LogP contribution in [0, 0.1) is 5.92 Å². The van der Waals surface area contributed by atoms with E-state index in [4.69, 9.17) is 23.2 Å². The molecule has 0 amide bonds. The molecule has 1 aliphatic carbocycles. The normalized spacial score (nSPS) is 15.8. The van der Waals surface area contributed by atoms with Crippen LogP contribution in [0.5, 0.6) is 0 Å². The first-order valence-corrected chi connectivity index (χ1v) is 5.06. The Kier molecular flexibility index (Phi) is 2.61. The van der Waals surface area contributed by atoms with Crippen LogP contribution in [0.2, 0.25) is 10.0 Å². The Morgan fingerprint density at radius 1 is 1.46 bits per heavy atom. The van der Waals surface area contributed by atoms with Crippen molar-refractivity contribution in [2.45, 2.75) is 12.8 Å². The van der Waals surface area contributed by atoms with E-state index in [-0.39, 0.29) is 0 Å². The molecule has 0 aromatic carbocycles. The van der Waals surface area contributed by atoms with E-state index in [0.29, 0.717) is 10.0 Å². The molecule has 70 valence electrons. The second-order valence-corrected chi connectivity index (χ2v) is 4.15. The molecule has 13 heavy (non-hydrogen) atoms. The first kappa shape index (κ1) is 9.10. The number of nitrogens with one attached hydrogen (secondary N) is 1. The Morgan fingerprint density at radius 3 is 2.85 bits per heavy atom. The predicted octanol–water partition coefficient (Wildman–Crippen LogP) is 3.21. The third kappa shape index (κ3) is 2.48. The predicted molar refractivity (Wildman–Crippen MR) is 55.5 cm³/mol. The van der Waals surface area contributed by atoms with Crippen LogP contribution in [0.25, 0.3) is 0 Å². The van der Waals surface area contributed by atoms with Crippen LogP contribution >= 0.6 is 23.2 Å². The molecule has 1 fully saturated rings. The van der Waals surface area contributed by atoms with Crippen molar-refractivity contribution >= 4 is 29.0 Å². The lowest BCUT2D eigenvalue weighted by atomic mass is 10.4. The number of pyridine rings is 1. The molecule has 0 unspecified atom stereocenters. The Bertz CT molecular complexity index is 310. The van der Waals surface area contributed by atoms with E-state index in [0.717, 1.165) is 18.3 Å². The van der Waals surface area contributed by atoms with Gasteiger partial charge in [-0.3, -0.25) is 0 Å². The van der Waals surface area contributed by atoms with Gasteiger partial charge < -0.3 is 5.32 Å². The molecule has 1 aromatic heterocycles. The third-order valence-electron chi connectivity index (χ3n) is 2.06. The van der Waals surface area contributed by atoms with Gasteiger partial charge in [0.2, 0.25) is 0 Å². The minimum Gasteiger partial charge on any atom is -0.369 e. The summed E-state index contributed by atoms with van der Waals surface area (Å²) >= 11 is 11.6. The van der Waals surface area contributed by atoms with E-state index < -0.39 is 0 Å². The lowest BCUT2D eigenvalue weighted by Gasteiger charge is -2.05. The first-order chi connectivity index (χ1) is 6.25. The Labute approximate surface area is 87.3 Å². The number of hydrogen-bond acceptors (Lipinski definition) is 2. The largest absolute Gasteiger partial charge is 0.369 e. The molecular weight excluding hydrogens is 207 g/mol. The first-order valence-electron chi connectivity index (χ1n) is 4.30. The number of aromatic nitrogens is 1. The van der Waals surface area contributed by atoms with Crippen LogP contribution in [-0.4, -0.2) is 11.5 Å². The number of nitrogens with zero attached hydrogens (tertiary/aromatic N) is 1. The Balaban J connectivity index is 2.01. The summed E-state index contributed by atoms with van der Waals surface area (Å²) in [5.74, 6) is 1.55. The van der Waals surface area contributed by atoms with Crippen molar-refractivity contribution in [3.8, 4) is 0 Å². The number of rotatable bonds is 3. The van der Waals surface area contributed by atoms with Gasteiger partial charge in [0.25, 0.3) is 0 Å². The summed E-state index contributed by atoms with van der Waals surface area (Å²) in [6.07, 6.45) is 4.24. The molecular formula is C9H10Cl2N2. The van der Waals surface area contributed by atoms with E-state index in [1.165, 1.54) is 12.8 Å². The maximum atomic E-state index is 5.92. The SMILES string of the molecule is Clc1cnc(NCC2CC2)c(Cl)c1. The fourth-order valence-corrected chi connectivity index (χ4v) is 1.55. The Hall–Kier alpha value is -0.470. The topological polar surface area (TPSA) is 24.9 Å². The zero-order chi connectivity index (χ0) is 9.26. The summed E-state index contributed by atoms with van der Waals surface area (Å²) in [6, 6.07) is 1.70. The lowest BCUT2D eigenvalue weighted by molar-refractivity contribution is 0.883. The van der Waals surface area contributed by atoms with Crippen LogP contribution in [0.4, 0.5) is 5.82 Å². The summed E-state index contributed by atoms with van der Waals surface area (Å²) in [6.45, 7) is 0.967. The molecule has 0 atom stereocenters. The fourth-order valence-electron chi connectivity index (χ4n) is 1.11. The minimum absolute atomic E-state index is 0.571. The lowest BCUT2D eigenvalue weighted by Crippen LogP contribution is -2.05. The van der Waals surface area contributed by atoms with Gasteiger partial charge in [0, 0.05) is 12.7 Å². The van der Waals surface area contributed by atoms with Crippen LogP contribution in [0.3, 0.4) is 0 Å². The maximum Gasteiger partial charge on any atom is 0.144 e. The molecule has 0 bridgehead atoms. The van der Waals surface area contributed by atoms with Crippen molar-refractivity contribution in [2.24, 2.45) is 5.92 Å². The van der Waals surface area contributed by atoms with Gasteiger partial charge in [0.15, 0.2) is 0 Å². The van der Waals surface area contributed by atoms with Gasteiger partial charge in [-0.25, -0.2) is 4.98 Å².